The van der Waals surface area contributed by atoms with Crippen molar-refractivity contribution in [1.29, 1.82) is 0 Å². The van der Waals surface area contributed by atoms with Crippen LogP contribution in [0.25, 0.3) is 0 Å². The van der Waals surface area contributed by atoms with Crippen molar-refractivity contribution in [3.8, 4) is 0 Å². The third-order valence-corrected chi connectivity index (χ3v) is 2.43. The molecule has 3 nitrogen and oxygen atoms in total. The lowest BCUT2D eigenvalue weighted by molar-refractivity contribution is 0.203. The van der Waals surface area contributed by atoms with Gasteiger partial charge in [0.2, 0.25) is 0 Å². The van der Waals surface area contributed by atoms with Crippen molar-refractivity contribution >= 4 is 11.8 Å². The van der Waals surface area contributed by atoms with Crippen LogP contribution in [0.3, 0.4) is 0 Å². The van der Waals surface area contributed by atoms with Gasteiger partial charge in [0, 0.05) is 13.0 Å². The van der Waals surface area contributed by atoms with Crippen molar-refractivity contribution < 1.29 is 9.90 Å². The Morgan fingerprint density at radius 1 is 1.53 bits per heavy atom. The zero-order chi connectivity index (χ0) is 11.4. The summed E-state index contributed by atoms with van der Waals surface area (Å²) >= 11 is 0. The number of rotatable bonds is 3. The SMILES string of the molecule is C=CC(C)c1ccccc1N(C)C(=O)O. The first kappa shape index (κ1) is 11.3. The first-order valence-corrected chi connectivity index (χ1v) is 4.76. The van der Waals surface area contributed by atoms with Gasteiger partial charge in [0.05, 0.1) is 5.69 Å². The Kier molecular flexibility index (Phi) is 3.50. The smallest absolute Gasteiger partial charge is 0.411 e. The first-order chi connectivity index (χ1) is 7.07. The van der Waals surface area contributed by atoms with Crippen LogP contribution in [-0.4, -0.2) is 18.2 Å². The molecule has 1 aromatic rings. The van der Waals surface area contributed by atoms with E-state index in [1.54, 1.807) is 12.1 Å². The summed E-state index contributed by atoms with van der Waals surface area (Å²) in [5, 5.41) is 8.91. The van der Waals surface area contributed by atoms with E-state index in [0.29, 0.717) is 5.69 Å². The van der Waals surface area contributed by atoms with Gasteiger partial charge in [0.15, 0.2) is 0 Å². The number of benzene rings is 1. The summed E-state index contributed by atoms with van der Waals surface area (Å²) in [6, 6.07) is 7.44. The van der Waals surface area contributed by atoms with Crippen molar-refractivity contribution in [3.05, 3.63) is 42.5 Å². The van der Waals surface area contributed by atoms with Gasteiger partial charge in [-0.3, -0.25) is 4.90 Å². The van der Waals surface area contributed by atoms with Gasteiger partial charge in [-0.15, -0.1) is 6.58 Å². The minimum absolute atomic E-state index is 0.142. The van der Waals surface area contributed by atoms with E-state index in [4.69, 9.17) is 5.11 Å². The van der Waals surface area contributed by atoms with Gasteiger partial charge in [-0.1, -0.05) is 31.2 Å². The molecule has 1 atom stereocenters. The number of hydrogen-bond acceptors (Lipinski definition) is 1. The molecule has 0 saturated carbocycles. The lowest BCUT2D eigenvalue weighted by Gasteiger charge is -2.19. The van der Waals surface area contributed by atoms with Gasteiger partial charge in [0.25, 0.3) is 0 Å². The predicted octanol–water partition coefficient (Wildman–Crippen LogP) is 3.09. The van der Waals surface area contributed by atoms with E-state index in [-0.39, 0.29) is 5.92 Å². The van der Waals surface area contributed by atoms with E-state index in [2.05, 4.69) is 6.58 Å². The lowest BCUT2D eigenvalue weighted by Crippen LogP contribution is -2.25. The summed E-state index contributed by atoms with van der Waals surface area (Å²) in [4.78, 5) is 12.1. The maximum absolute atomic E-state index is 10.9. The molecule has 1 amide bonds. The summed E-state index contributed by atoms with van der Waals surface area (Å²) in [5.41, 5.74) is 1.68. The Balaban J connectivity index is 3.16. The number of amides is 1. The Hall–Kier alpha value is -1.77. The van der Waals surface area contributed by atoms with Crippen molar-refractivity contribution in [3.63, 3.8) is 0 Å². The minimum Gasteiger partial charge on any atom is -0.465 e. The monoisotopic (exact) mass is 205 g/mol. The predicted molar refractivity (Wildman–Crippen MR) is 61.5 cm³/mol. The third kappa shape index (κ3) is 2.37. The maximum Gasteiger partial charge on any atom is 0.411 e. The molecule has 1 aromatic carbocycles. The molecule has 0 bridgehead atoms. The molecule has 1 unspecified atom stereocenters. The molecular weight excluding hydrogens is 190 g/mol. The maximum atomic E-state index is 10.9. The van der Waals surface area contributed by atoms with Gasteiger partial charge in [0.1, 0.15) is 0 Å². The summed E-state index contributed by atoms with van der Waals surface area (Å²) in [6.07, 6.45) is 0.841. The molecule has 1 rings (SSSR count). The third-order valence-electron chi connectivity index (χ3n) is 2.43. The van der Waals surface area contributed by atoms with Crippen molar-refractivity contribution in [2.45, 2.75) is 12.8 Å². The molecule has 0 heterocycles. The second-order valence-corrected chi connectivity index (χ2v) is 3.42. The van der Waals surface area contributed by atoms with E-state index in [0.717, 1.165) is 5.56 Å². The standard InChI is InChI=1S/C12H15NO2/c1-4-9(2)10-7-5-6-8-11(10)13(3)12(14)15/h4-9H,1H2,2-3H3,(H,14,15). The van der Waals surface area contributed by atoms with Crippen LogP contribution < -0.4 is 4.90 Å². The molecule has 1 N–H and O–H groups in total. The number of hydrogen-bond donors (Lipinski definition) is 1. The summed E-state index contributed by atoms with van der Waals surface area (Å²) < 4.78 is 0. The number of nitrogens with zero attached hydrogens (tertiary/aromatic N) is 1. The zero-order valence-electron chi connectivity index (χ0n) is 8.97. The van der Waals surface area contributed by atoms with Crippen LogP contribution in [0.4, 0.5) is 10.5 Å². The Morgan fingerprint density at radius 2 is 2.13 bits per heavy atom. The fourth-order valence-electron chi connectivity index (χ4n) is 1.41. The number of para-hydroxylation sites is 1. The van der Waals surface area contributed by atoms with Crippen LogP contribution in [0.15, 0.2) is 36.9 Å². The molecule has 15 heavy (non-hydrogen) atoms. The topological polar surface area (TPSA) is 40.5 Å². The first-order valence-electron chi connectivity index (χ1n) is 4.76. The second kappa shape index (κ2) is 4.64. The fraction of sp³-hybridized carbons (Fsp3) is 0.250. The molecular formula is C12H15NO2. The van der Waals surface area contributed by atoms with Gasteiger partial charge in [-0.25, -0.2) is 4.79 Å². The highest BCUT2D eigenvalue weighted by atomic mass is 16.4. The molecule has 0 aliphatic heterocycles. The zero-order valence-corrected chi connectivity index (χ0v) is 8.97. The summed E-state index contributed by atoms with van der Waals surface area (Å²) in [7, 11) is 1.54. The second-order valence-electron chi connectivity index (χ2n) is 3.42. The molecule has 0 radical (unpaired) electrons. The van der Waals surface area contributed by atoms with Crippen molar-refractivity contribution in [1.82, 2.24) is 0 Å². The Labute approximate surface area is 89.6 Å². The molecule has 0 aliphatic carbocycles. The molecule has 0 fully saturated rings. The average molecular weight is 205 g/mol. The van der Waals surface area contributed by atoms with Crippen LogP contribution in [0.1, 0.15) is 18.4 Å². The highest BCUT2D eigenvalue weighted by Gasteiger charge is 2.14. The molecule has 0 aliphatic rings. The molecule has 80 valence electrons. The van der Waals surface area contributed by atoms with Gasteiger partial charge in [-0.2, -0.15) is 0 Å². The number of allylic oxidation sites excluding steroid dienone is 1. The van der Waals surface area contributed by atoms with Crippen LogP contribution >= 0.6 is 0 Å². The normalized spacial score (nSPS) is 11.9. The Bertz CT molecular complexity index is 374. The van der Waals surface area contributed by atoms with Crippen LogP contribution in [-0.2, 0) is 0 Å². The van der Waals surface area contributed by atoms with Gasteiger partial charge >= 0.3 is 6.09 Å². The number of anilines is 1. The van der Waals surface area contributed by atoms with E-state index < -0.39 is 6.09 Å². The van der Waals surface area contributed by atoms with Crippen molar-refractivity contribution in [2.75, 3.05) is 11.9 Å². The minimum atomic E-state index is -0.960. The summed E-state index contributed by atoms with van der Waals surface area (Å²) in [6.45, 7) is 5.70. The molecule has 0 spiro atoms. The van der Waals surface area contributed by atoms with E-state index in [1.165, 1.54) is 11.9 Å². The van der Waals surface area contributed by atoms with Gasteiger partial charge in [-0.05, 0) is 11.6 Å². The molecule has 0 saturated heterocycles. The highest BCUT2D eigenvalue weighted by molar-refractivity contribution is 5.86. The van der Waals surface area contributed by atoms with Crippen LogP contribution in [0, 0.1) is 0 Å². The largest absolute Gasteiger partial charge is 0.465 e. The van der Waals surface area contributed by atoms with E-state index >= 15 is 0 Å². The summed E-state index contributed by atoms with van der Waals surface area (Å²) in [5.74, 6) is 0.142. The fourth-order valence-corrected chi connectivity index (χ4v) is 1.41. The lowest BCUT2D eigenvalue weighted by atomic mass is 9.99. The highest BCUT2D eigenvalue weighted by Crippen LogP contribution is 2.27. The Morgan fingerprint density at radius 3 is 2.67 bits per heavy atom. The van der Waals surface area contributed by atoms with Crippen LogP contribution in [0.5, 0.6) is 0 Å². The van der Waals surface area contributed by atoms with E-state index in [9.17, 15) is 4.79 Å². The average Bonchev–Trinajstić information content (AvgIpc) is 2.27. The molecule has 3 heteroatoms. The van der Waals surface area contributed by atoms with Crippen LogP contribution in [0.2, 0.25) is 0 Å². The van der Waals surface area contributed by atoms with Gasteiger partial charge < -0.3 is 5.11 Å². The number of carbonyl (C=O) groups is 1. The molecule has 0 aromatic heterocycles. The quantitative estimate of drug-likeness (QED) is 0.770. The number of carboxylic acid groups (broad SMARTS) is 1. The van der Waals surface area contributed by atoms with Crippen molar-refractivity contribution in [2.24, 2.45) is 0 Å². The van der Waals surface area contributed by atoms with E-state index in [1.807, 2.05) is 25.1 Å².